The van der Waals surface area contributed by atoms with Gasteiger partial charge < -0.3 is 15.1 Å². The second-order valence-corrected chi connectivity index (χ2v) is 11.2. The maximum atomic E-state index is 13.2. The highest BCUT2D eigenvalue weighted by atomic mass is 35.5. The van der Waals surface area contributed by atoms with Gasteiger partial charge in [0, 0.05) is 43.3 Å². The van der Waals surface area contributed by atoms with Crippen molar-refractivity contribution in [1.29, 1.82) is 0 Å². The highest BCUT2D eigenvalue weighted by Gasteiger charge is 2.27. The number of nitrogens with one attached hydrogen (secondary N) is 2. The molecule has 0 aliphatic carbocycles. The number of carbonyl (C=O) groups is 1. The van der Waals surface area contributed by atoms with Crippen LogP contribution < -0.4 is 10.9 Å². The van der Waals surface area contributed by atoms with Crippen molar-refractivity contribution in [3.05, 3.63) is 78.9 Å². The average molecular weight is 589 g/mol. The molecule has 0 radical (unpaired) electrons. The third kappa shape index (κ3) is 5.77. The molecule has 12 heteroatoms. The van der Waals surface area contributed by atoms with Gasteiger partial charge in [-0.05, 0) is 42.8 Å². The zero-order chi connectivity index (χ0) is 27.8. The molecule has 2 amide bonds. The molecule has 3 aliphatic rings. The van der Waals surface area contributed by atoms with Gasteiger partial charge in [0.25, 0.3) is 5.56 Å². The molecule has 2 N–H and O–H groups in total. The fourth-order valence-corrected chi connectivity index (χ4v) is 5.59. The van der Waals surface area contributed by atoms with Crippen molar-refractivity contribution in [2.24, 2.45) is 0 Å². The molecule has 1 saturated heterocycles. The number of aromatic amines is 1. The van der Waals surface area contributed by atoms with Gasteiger partial charge in [-0.3, -0.25) is 9.89 Å². The van der Waals surface area contributed by atoms with Gasteiger partial charge in [-0.2, -0.15) is 4.98 Å². The Kier molecular flexibility index (Phi) is 7.87. The van der Waals surface area contributed by atoms with Crippen LogP contribution in [0.5, 0.6) is 0 Å². The zero-order valence-corrected chi connectivity index (χ0v) is 24.0. The summed E-state index contributed by atoms with van der Waals surface area (Å²) < 4.78 is 1.62. The fourth-order valence-electron chi connectivity index (χ4n) is 4.61. The van der Waals surface area contributed by atoms with Crippen molar-refractivity contribution in [1.82, 2.24) is 29.5 Å². The summed E-state index contributed by atoms with van der Waals surface area (Å²) in [6.07, 6.45) is 0.322. The first kappa shape index (κ1) is 27.5. The lowest BCUT2D eigenvalue weighted by Gasteiger charge is -2.32. The van der Waals surface area contributed by atoms with E-state index in [-0.39, 0.29) is 17.5 Å². The Balaban J connectivity index is 1.43. The number of halogens is 3. The van der Waals surface area contributed by atoms with Crippen LogP contribution in [0, 0.1) is 0 Å². The summed E-state index contributed by atoms with van der Waals surface area (Å²) in [5.74, 6) is 0.733. The number of amides is 2. The molecule has 0 aromatic heterocycles. The second kappa shape index (κ2) is 11.2. The number of aromatic nitrogens is 4. The summed E-state index contributed by atoms with van der Waals surface area (Å²) in [4.78, 5) is 38.8. The predicted molar refractivity (Wildman–Crippen MR) is 155 cm³/mol. The largest absolute Gasteiger partial charge is 0.322 e. The van der Waals surface area contributed by atoms with Crippen LogP contribution in [0.2, 0.25) is 15.1 Å². The van der Waals surface area contributed by atoms with Crippen LogP contribution in [0.25, 0.3) is 17.1 Å². The molecule has 0 unspecified atom stereocenters. The minimum absolute atomic E-state index is 0.00523. The van der Waals surface area contributed by atoms with Gasteiger partial charge >= 0.3 is 6.03 Å². The lowest BCUT2D eigenvalue weighted by Crippen LogP contribution is -2.48. The van der Waals surface area contributed by atoms with Crippen molar-refractivity contribution >= 4 is 46.5 Å². The Hall–Kier alpha value is -3.11. The first-order valence-corrected chi connectivity index (χ1v) is 13.7. The average Bonchev–Trinajstić information content (AvgIpc) is 3.25. The normalized spacial score (nSPS) is 14.4. The standard InChI is InChI=1S/C27H28Cl3N7O2/c1-15(2)23-22-25(37(34-23)24-19(29)13-17(28)14-20(24)30)32-21(33-26(22)38)12-16-4-6-18(7-5-16)31-27(39)36-10-8-35(3)9-11-36/h4-7,13-15,34H,8-12H2,1-3H3,(H,31,39). The topological polar surface area (TPSA) is 99.2 Å². The van der Waals surface area contributed by atoms with Gasteiger partial charge in [0.15, 0.2) is 5.82 Å². The number of rotatable bonds is 5. The van der Waals surface area contributed by atoms with E-state index in [9.17, 15) is 9.59 Å². The molecule has 0 saturated carbocycles. The summed E-state index contributed by atoms with van der Waals surface area (Å²) in [5, 5.41) is 7.23. The van der Waals surface area contributed by atoms with Crippen LogP contribution in [0.15, 0.2) is 41.2 Å². The maximum absolute atomic E-state index is 13.2. The lowest BCUT2D eigenvalue weighted by atomic mass is 10.1. The first-order valence-electron chi connectivity index (χ1n) is 12.6. The molecule has 1 fully saturated rings. The summed E-state index contributed by atoms with van der Waals surface area (Å²) in [6, 6.07) is 10.5. The van der Waals surface area contributed by atoms with Gasteiger partial charge in [0.1, 0.15) is 17.1 Å². The van der Waals surface area contributed by atoms with E-state index in [2.05, 4.69) is 20.3 Å². The van der Waals surface area contributed by atoms with Gasteiger partial charge in [0.05, 0.1) is 15.7 Å². The molecule has 3 aliphatic heterocycles. The molecule has 2 aromatic carbocycles. The van der Waals surface area contributed by atoms with Gasteiger partial charge in [-0.1, -0.05) is 60.8 Å². The number of fused-ring (bicyclic) bond motifs is 1. The summed E-state index contributed by atoms with van der Waals surface area (Å²) >= 11 is 19.1. The number of nitrogens with zero attached hydrogens (tertiary/aromatic N) is 5. The van der Waals surface area contributed by atoms with E-state index in [0.717, 1.165) is 18.7 Å². The molecule has 3 heterocycles. The minimum Gasteiger partial charge on any atom is -0.322 e. The summed E-state index contributed by atoms with van der Waals surface area (Å²) in [6.45, 7) is 7.04. The minimum atomic E-state index is -0.383. The van der Waals surface area contributed by atoms with Crippen LogP contribution in [0.4, 0.5) is 10.5 Å². The SMILES string of the molecule is CC(C)c1[nH]n(-c2c(Cl)cc(Cl)cc2Cl)c2nc(Cc3ccc(NC(=O)N4CCN(C)CC4)cc3)nc(=O)c1-2. The lowest BCUT2D eigenvalue weighted by molar-refractivity contribution is 0.164. The predicted octanol–water partition coefficient (Wildman–Crippen LogP) is 5.51. The van der Waals surface area contributed by atoms with E-state index < -0.39 is 0 Å². The van der Waals surface area contributed by atoms with Crippen LogP contribution in [-0.4, -0.2) is 68.8 Å². The number of urea groups is 1. The molecular formula is C27H28Cl3N7O2. The molecule has 5 rings (SSSR count). The molecule has 0 spiro atoms. The quantitative estimate of drug-likeness (QED) is 0.320. The summed E-state index contributed by atoms with van der Waals surface area (Å²) in [5.41, 5.74) is 2.72. The van der Waals surface area contributed by atoms with Crippen molar-refractivity contribution in [3.8, 4) is 17.1 Å². The number of likely N-dealkylation sites (N-methyl/N-ethyl adjacent to an activating group) is 1. The monoisotopic (exact) mass is 587 g/mol. The number of H-pyrrole nitrogens is 1. The molecular weight excluding hydrogens is 561 g/mol. The van der Waals surface area contributed by atoms with E-state index in [0.29, 0.717) is 68.9 Å². The third-order valence-corrected chi connectivity index (χ3v) is 7.55. The highest BCUT2D eigenvalue weighted by molar-refractivity contribution is 6.40. The van der Waals surface area contributed by atoms with Crippen molar-refractivity contribution in [3.63, 3.8) is 0 Å². The van der Waals surface area contributed by atoms with Gasteiger partial charge in [-0.25, -0.2) is 14.5 Å². The van der Waals surface area contributed by atoms with Crippen LogP contribution in [0.3, 0.4) is 0 Å². The van der Waals surface area contributed by atoms with Crippen molar-refractivity contribution in [2.75, 3.05) is 38.5 Å². The number of hydrogen-bond donors (Lipinski definition) is 2. The number of hydrogen-bond acceptors (Lipinski definition) is 5. The van der Waals surface area contributed by atoms with Crippen LogP contribution >= 0.6 is 34.8 Å². The molecule has 9 nitrogen and oxygen atoms in total. The van der Waals surface area contributed by atoms with Gasteiger partial charge in [-0.15, -0.1) is 0 Å². The molecule has 0 atom stereocenters. The Morgan fingerprint density at radius 1 is 1.03 bits per heavy atom. The summed E-state index contributed by atoms with van der Waals surface area (Å²) in [7, 11) is 2.05. The number of anilines is 1. The smallest absolute Gasteiger partial charge is 0.321 e. The fraction of sp³-hybridized carbons (Fsp3) is 0.333. The molecule has 204 valence electrons. The Bertz CT molecular complexity index is 1520. The van der Waals surface area contributed by atoms with E-state index >= 15 is 0 Å². The molecule has 2 aromatic rings. The van der Waals surface area contributed by atoms with Crippen LogP contribution in [0.1, 0.15) is 36.8 Å². The second-order valence-electron chi connectivity index (χ2n) is 9.97. The number of piperazine rings is 1. The van der Waals surface area contributed by atoms with E-state index in [1.165, 1.54) is 0 Å². The number of carbonyl (C=O) groups excluding carboxylic acids is 1. The number of benzene rings is 2. The Morgan fingerprint density at radius 2 is 1.67 bits per heavy atom. The van der Waals surface area contributed by atoms with E-state index in [4.69, 9.17) is 39.8 Å². The highest BCUT2D eigenvalue weighted by Crippen LogP contribution is 2.36. The van der Waals surface area contributed by atoms with Gasteiger partial charge in [0.2, 0.25) is 0 Å². The Morgan fingerprint density at radius 3 is 2.28 bits per heavy atom. The van der Waals surface area contributed by atoms with Crippen LogP contribution in [-0.2, 0) is 6.42 Å². The van der Waals surface area contributed by atoms with Crippen molar-refractivity contribution in [2.45, 2.75) is 26.2 Å². The van der Waals surface area contributed by atoms with E-state index in [1.54, 1.807) is 16.8 Å². The maximum Gasteiger partial charge on any atom is 0.321 e. The van der Waals surface area contributed by atoms with E-state index in [1.807, 2.05) is 50.1 Å². The zero-order valence-electron chi connectivity index (χ0n) is 21.8. The molecule has 39 heavy (non-hydrogen) atoms. The molecule has 0 bridgehead atoms. The first-order chi connectivity index (χ1) is 18.6. The van der Waals surface area contributed by atoms with Crippen molar-refractivity contribution < 1.29 is 4.79 Å². The third-order valence-electron chi connectivity index (χ3n) is 6.76. The Labute approximate surface area is 241 Å².